The number of anilines is 4. The van der Waals surface area contributed by atoms with E-state index in [-0.39, 0.29) is 11.5 Å². The summed E-state index contributed by atoms with van der Waals surface area (Å²) in [6, 6.07) is 33.3. The molecule has 8 nitrogen and oxygen atoms in total. The van der Waals surface area contributed by atoms with Crippen molar-refractivity contribution >= 4 is 65.3 Å². The van der Waals surface area contributed by atoms with Crippen LogP contribution in [0, 0.1) is 0 Å². The molecular weight excluding hydrogens is 563 g/mol. The Labute approximate surface area is 238 Å². The SMILES string of the molecule is CO.COC(=O)c1ccccc1Nc1ccccc1.O=C(O)c1ccccc1Nc1ccccc1.O=S(Cl)Cl. The lowest BCUT2D eigenvalue weighted by atomic mass is 10.1. The van der Waals surface area contributed by atoms with E-state index in [1.54, 1.807) is 30.3 Å². The van der Waals surface area contributed by atoms with Crippen LogP contribution in [0.15, 0.2) is 109 Å². The number of benzene rings is 4. The van der Waals surface area contributed by atoms with E-state index >= 15 is 0 Å². The zero-order valence-corrected chi connectivity index (χ0v) is 23.4. The molecule has 4 aromatic carbocycles. The second-order valence-electron chi connectivity index (χ2n) is 7.05. The van der Waals surface area contributed by atoms with E-state index in [0.717, 1.165) is 24.2 Å². The molecule has 4 N–H and O–H groups in total. The molecule has 0 heterocycles. The van der Waals surface area contributed by atoms with Crippen LogP contribution in [0.5, 0.6) is 0 Å². The summed E-state index contributed by atoms with van der Waals surface area (Å²) in [6.07, 6.45) is 0. The van der Waals surface area contributed by atoms with Gasteiger partial charge in [0.15, 0.2) is 0 Å². The standard InChI is InChI=1S/C14H13NO2.C13H11NO2.CH4O.Cl2OS/c1-17-14(16)12-9-5-6-10-13(12)15-11-7-3-2-4-8-11;15-13(16)11-8-4-5-9-12(11)14-10-6-2-1-3-7-10;1-2;1-4(2)3/h2-10,15H,1H3;1-9,14H,(H,15,16);2H,1H3;. The van der Waals surface area contributed by atoms with Crippen LogP contribution in [-0.4, -0.2) is 40.6 Å². The molecule has 0 saturated carbocycles. The Morgan fingerprint density at radius 1 is 0.667 bits per heavy atom. The van der Waals surface area contributed by atoms with Crippen LogP contribution in [0.2, 0.25) is 0 Å². The number of carboxylic acids is 1. The van der Waals surface area contributed by atoms with Crippen molar-refractivity contribution in [2.75, 3.05) is 24.9 Å². The maximum atomic E-state index is 11.6. The highest BCUT2D eigenvalue weighted by molar-refractivity contribution is 8.26. The van der Waals surface area contributed by atoms with Crippen molar-refractivity contribution in [2.24, 2.45) is 0 Å². The number of hydrogen-bond donors (Lipinski definition) is 4. The number of carbonyl (C=O) groups is 2. The van der Waals surface area contributed by atoms with Gasteiger partial charge in [-0.2, -0.15) is 0 Å². The number of aliphatic hydroxyl groups excluding tert-OH is 1. The van der Waals surface area contributed by atoms with Crippen LogP contribution in [0.25, 0.3) is 0 Å². The number of carbonyl (C=O) groups excluding carboxylic acids is 1. The van der Waals surface area contributed by atoms with Gasteiger partial charge in [-0.15, -0.1) is 0 Å². The first-order chi connectivity index (χ1) is 18.8. The quantitative estimate of drug-likeness (QED) is 0.140. The minimum absolute atomic E-state index is 0.270. The Kier molecular flexibility index (Phi) is 16.3. The maximum Gasteiger partial charge on any atom is 0.339 e. The van der Waals surface area contributed by atoms with Crippen LogP contribution >= 0.6 is 21.4 Å². The molecule has 0 amide bonds. The minimum atomic E-state index is -1.67. The monoisotopic (exact) mass is 590 g/mol. The molecule has 4 aromatic rings. The highest BCUT2D eigenvalue weighted by Crippen LogP contribution is 2.21. The molecule has 0 radical (unpaired) electrons. The lowest BCUT2D eigenvalue weighted by Crippen LogP contribution is -2.05. The first-order valence-electron chi connectivity index (χ1n) is 11.1. The van der Waals surface area contributed by atoms with Crippen LogP contribution in [0.4, 0.5) is 22.7 Å². The average Bonchev–Trinajstić information content (AvgIpc) is 2.95. The fourth-order valence-corrected chi connectivity index (χ4v) is 3.01. The predicted molar refractivity (Wildman–Crippen MR) is 159 cm³/mol. The van der Waals surface area contributed by atoms with Crippen LogP contribution < -0.4 is 10.6 Å². The topological polar surface area (TPSA) is 125 Å². The third-order valence-corrected chi connectivity index (χ3v) is 4.60. The normalized spacial score (nSPS) is 9.28. The number of rotatable bonds is 6. The first-order valence-corrected chi connectivity index (χ1v) is 13.9. The van der Waals surface area contributed by atoms with Crippen molar-refractivity contribution in [2.45, 2.75) is 0 Å². The Hall–Kier alpha value is -3.89. The predicted octanol–water partition coefficient (Wildman–Crippen LogP) is 7.00. The lowest BCUT2D eigenvalue weighted by Gasteiger charge is -2.10. The summed E-state index contributed by atoms with van der Waals surface area (Å²) < 4.78 is 13.8. The number of para-hydroxylation sites is 4. The molecule has 39 heavy (non-hydrogen) atoms. The maximum absolute atomic E-state index is 11.6. The van der Waals surface area contributed by atoms with Crippen LogP contribution in [0.1, 0.15) is 20.7 Å². The van der Waals surface area contributed by atoms with E-state index < -0.39 is 15.2 Å². The number of esters is 1. The van der Waals surface area contributed by atoms with Gasteiger partial charge in [0.2, 0.25) is 9.23 Å². The van der Waals surface area contributed by atoms with Gasteiger partial charge >= 0.3 is 11.9 Å². The molecular formula is C28H28Cl2N2O6S. The van der Waals surface area contributed by atoms with Gasteiger partial charge in [-0.25, -0.2) is 13.8 Å². The summed E-state index contributed by atoms with van der Waals surface area (Å²) in [5.74, 6) is -1.27. The van der Waals surface area contributed by atoms with Gasteiger partial charge in [-0.05, 0) is 48.5 Å². The molecule has 206 valence electrons. The second-order valence-corrected chi connectivity index (χ2v) is 9.58. The van der Waals surface area contributed by atoms with E-state index in [1.807, 2.05) is 78.9 Å². The second kappa shape index (κ2) is 19.2. The van der Waals surface area contributed by atoms with Gasteiger partial charge < -0.3 is 25.6 Å². The number of methoxy groups -OCH3 is 1. The van der Waals surface area contributed by atoms with Gasteiger partial charge in [0.1, 0.15) is 0 Å². The van der Waals surface area contributed by atoms with Crippen molar-refractivity contribution in [3.8, 4) is 0 Å². The molecule has 0 bridgehead atoms. The van der Waals surface area contributed by atoms with E-state index in [0.29, 0.717) is 11.3 Å². The summed E-state index contributed by atoms with van der Waals surface area (Å²) in [7, 11) is 9.73. The van der Waals surface area contributed by atoms with Crippen molar-refractivity contribution < 1.29 is 28.7 Å². The number of hydrogen-bond acceptors (Lipinski definition) is 7. The Balaban J connectivity index is 0.000000326. The molecule has 0 saturated heterocycles. The van der Waals surface area contributed by atoms with Crippen molar-refractivity contribution in [3.05, 3.63) is 120 Å². The first kappa shape index (κ1) is 33.1. The number of nitrogens with one attached hydrogen (secondary N) is 2. The molecule has 0 unspecified atom stereocenters. The summed E-state index contributed by atoms with van der Waals surface area (Å²) in [5.41, 5.74) is 3.94. The highest BCUT2D eigenvalue weighted by atomic mass is 36.0. The molecule has 0 aliphatic rings. The van der Waals surface area contributed by atoms with Gasteiger partial charge in [0.05, 0.1) is 29.6 Å². The zero-order valence-electron chi connectivity index (χ0n) is 21.1. The smallest absolute Gasteiger partial charge is 0.339 e. The number of ether oxygens (including phenoxy) is 1. The van der Waals surface area contributed by atoms with Gasteiger partial charge in [0, 0.05) is 39.8 Å². The number of halogens is 2. The molecule has 0 aliphatic carbocycles. The molecule has 4 rings (SSSR count). The number of aromatic carboxylic acids is 1. The van der Waals surface area contributed by atoms with Crippen molar-refractivity contribution in [1.29, 1.82) is 0 Å². The number of aliphatic hydroxyl groups is 1. The largest absolute Gasteiger partial charge is 0.478 e. The summed E-state index contributed by atoms with van der Waals surface area (Å²) >= 11 is 0. The molecule has 0 atom stereocenters. The van der Waals surface area contributed by atoms with Gasteiger partial charge in [0.25, 0.3) is 0 Å². The molecule has 0 fully saturated rings. The molecule has 11 heteroatoms. The van der Waals surface area contributed by atoms with Crippen molar-refractivity contribution in [1.82, 2.24) is 0 Å². The van der Waals surface area contributed by atoms with Gasteiger partial charge in [-0.1, -0.05) is 60.7 Å². The number of carboxylic acid groups (broad SMARTS) is 1. The highest BCUT2D eigenvalue weighted by Gasteiger charge is 2.10. The fraction of sp³-hybridized carbons (Fsp3) is 0.0714. The Morgan fingerprint density at radius 2 is 1.00 bits per heavy atom. The van der Waals surface area contributed by atoms with E-state index in [2.05, 4.69) is 32.0 Å². The average molecular weight is 592 g/mol. The van der Waals surface area contributed by atoms with E-state index in [4.69, 9.17) is 19.2 Å². The minimum Gasteiger partial charge on any atom is -0.478 e. The van der Waals surface area contributed by atoms with E-state index in [1.165, 1.54) is 7.11 Å². The summed E-state index contributed by atoms with van der Waals surface area (Å²) in [4.78, 5) is 22.5. The third-order valence-electron chi connectivity index (χ3n) is 4.60. The Morgan fingerprint density at radius 3 is 1.38 bits per heavy atom. The molecule has 0 aliphatic heterocycles. The fourth-order valence-electron chi connectivity index (χ4n) is 3.01. The zero-order chi connectivity index (χ0) is 29.0. The van der Waals surface area contributed by atoms with Crippen LogP contribution in [0.3, 0.4) is 0 Å². The lowest BCUT2D eigenvalue weighted by molar-refractivity contribution is 0.0601. The van der Waals surface area contributed by atoms with Crippen LogP contribution in [-0.2, 0) is 14.0 Å². The third kappa shape index (κ3) is 13.0. The summed E-state index contributed by atoms with van der Waals surface area (Å²) in [5, 5.41) is 22.3. The summed E-state index contributed by atoms with van der Waals surface area (Å²) in [6.45, 7) is 0. The van der Waals surface area contributed by atoms with Crippen molar-refractivity contribution in [3.63, 3.8) is 0 Å². The Bertz CT molecular complexity index is 1310. The molecule has 0 spiro atoms. The molecule has 0 aromatic heterocycles. The van der Waals surface area contributed by atoms with Gasteiger partial charge in [-0.3, -0.25) is 0 Å². The van der Waals surface area contributed by atoms with E-state index in [9.17, 15) is 9.59 Å².